The Labute approximate surface area is 118 Å². The van der Waals surface area contributed by atoms with E-state index in [1.807, 2.05) is 0 Å². The topological polar surface area (TPSA) is 12.0 Å². The highest BCUT2D eigenvalue weighted by Gasteiger charge is 2.28. The Morgan fingerprint density at radius 2 is 2.05 bits per heavy atom. The third kappa shape index (κ3) is 3.82. The molecule has 0 aromatic heterocycles. The summed E-state index contributed by atoms with van der Waals surface area (Å²) >= 11 is 0. The first-order valence-corrected chi connectivity index (χ1v) is 8.05. The van der Waals surface area contributed by atoms with Gasteiger partial charge in [-0.25, -0.2) is 0 Å². The lowest BCUT2D eigenvalue weighted by Crippen LogP contribution is -2.35. The molecule has 1 aliphatic rings. The Hall–Kier alpha value is -0.820. The zero-order chi connectivity index (χ0) is 13.7. The molecule has 0 bridgehead atoms. The van der Waals surface area contributed by atoms with Crippen molar-refractivity contribution in [3.63, 3.8) is 0 Å². The second-order valence-electron chi connectivity index (χ2n) is 6.24. The van der Waals surface area contributed by atoms with Crippen molar-refractivity contribution in [2.75, 3.05) is 6.54 Å². The summed E-state index contributed by atoms with van der Waals surface area (Å²) in [7, 11) is 0. The van der Waals surface area contributed by atoms with Gasteiger partial charge in [-0.15, -0.1) is 0 Å². The second kappa shape index (κ2) is 7.09. The average Bonchev–Trinajstić information content (AvgIpc) is 2.41. The molecule has 0 heterocycles. The fourth-order valence-corrected chi connectivity index (χ4v) is 3.18. The van der Waals surface area contributed by atoms with Gasteiger partial charge in [0.2, 0.25) is 0 Å². The van der Waals surface area contributed by atoms with Crippen LogP contribution in [-0.4, -0.2) is 12.6 Å². The Balaban J connectivity index is 1.90. The van der Waals surface area contributed by atoms with E-state index >= 15 is 0 Å². The maximum absolute atomic E-state index is 3.76. The van der Waals surface area contributed by atoms with Crippen molar-refractivity contribution < 1.29 is 0 Å². The van der Waals surface area contributed by atoms with E-state index in [4.69, 9.17) is 0 Å². The van der Waals surface area contributed by atoms with Crippen LogP contribution in [0.4, 0.5) is 0 Å². The summed E-state index contributed by atoms with van der Waals surface area (Å²) in [5.74, 6) is 1.64. The molecular formula is C18H29N. The van der Waals surface area contributed by atoms with Crippen LogP contribution in [0.1, 0.15) is 63.5 Å². The van der Waals surface area contributed by atoms with Crippen LogP contribution in [0.2, 0.25) is 0 Å². The van der Waals surface area contributed by atoms with Gasteiger partial charge < -0.3 is 5.32 Å². The fourth-order valence-electron chi connectivity index (χ4n) is 3.18. The molecule has 1 aliphatic carbocycles. The number of rotatable bonds is 8. The molecule has 0 aliphatic heterocycles. The summed E-state index contributed by atoms with van der Waals surface area (Å²) < 4.78 is 0. The number of fused-ring (bicyclic) bond motifs is 1. The van der Waals surface area contributed by atoms with E-state index in [9.17, 15) is 0 Å². The number of hydrogen-bond donors (Lipinski definition) is 1. The Morgan fingerprint density at radius 3 is 2.74 bits per heavy atom. The smallest absolute Gasteiger partial charge is 0.00755 e. The third-order valence-corrected chi connectivity index (χ3v) is 4.60. The van der Waals surface area contributed by atoms with E-state index < -0.39 is 0 Å². The first-order chi connectivity index (χ1) is 9.24. The van der Waals surface area contributed by atoms with E-state index in [0.29, 0.717) is 6.04 Å². The molecule has 1 nitrogen and oxygen atoms in total. The largest absolute Gasteiger partial charge is 0.314 e. The highest BCUT2D eigenvalue weighted by atomic mass is 14.9. The van der Waals surface area contributed by atoms with Gasteiger partial charge in [-0.1, -0.05) is 51.5 Å². The van der Waals surface area contributed by atoms with Crippen LogP contribution in [0.3, 0.4) is 0 Å². The number of benzene rings is 1. The first kappa shape index (κ1) is 14.6. The molecule has 0 saturated heterocycles. The molecule has 1 N–H and O–H groups in total. The lowest BCUT2D eigenvalue weighted by atomic mass is 9.73. The van der Waals surface area contributed by atoms with Gasteiger partial charge in [-0.3, -0.25) is 0 Å². The van der Waals surface area contributed by atoms with Crippen molar-refractivity contribution in [1.29, 1.82) is 0 Å². The van der Waals surface area contributed by atoms with Crippen molar-refractivity contribution in [1.82, 2.24) is 5.32 Å². The minimum Gasteiger partial charge on any atom is -0.314 e. The fraction of sp³-hybridized carbons (Fsp3) is 0.667. The van der Waals surface area contributed by atoms with Crippen LogP contribution in [-0.2, 0) is 6.42 Å². The molecule has 3 atom stereocenters. The molecule has 0 saturated carbocycles. The van der Waals surface area contributed by atoms with Crippen LogP contribution < -0.4 is 5.32 Å². The summed E-state index contributed by atoms with van der Waals surface area (Å²) in [5, 5.41) is 3.76. The van der Waals surface area contributed by atoms with Crippen LogP contribution in [0.15, 0.2) is 24.3 Å². The van der Waals surface area contributed by atoms with Crippen molar-refractivity contribution in [3.8, 4) is 0 Å². The Bertz CT molecular complexity index is 385. The quantitative estimate of drug-likeness (QED) is 0.723. The summed E-state index contributed by atoms with van der Waals surface area (Å²) in [6, 6.07) is 9.67. The van der Waals surface area contributed by atoms with Crippen LogP contribution >= 0.6 is 0 Å². The van der Waals surface area contributed by atoms with E-state index in [2.05, 4.69) is 50.4 Å². The summed E-state index contributed by atoms with van der Waals surface area (Å²) in [6.07, 6.45) is 6.47. The molecule has 19 heavy (non-hydrogen) atoms. The number of nitrogens with one attached hydrogen (secondary N) is 1. The molecule has 0 spiro atoms. The zero-order valence-electron chi connectivity index (χ0n) is 12.8. The minimum atomic E-state index is 0.702. The normalized spacial score (nSPS) is 20.5. The standard InChI is InChI=1S/C18H29N/c1-4-10-19-17(11-14(3)5-2)13-16-12-15-8-6-7-9-18(15)16/h6-9,14,16-17,19H,4-5,10-13H2,1-3H3. The summed E-state index contributed by atoms with van der Waals surface area (Å²) in [6.45, 7) is 8.11. The van der Waals surface area contributed by atoms with Crippen molar-refractivity contribution in [2.45, 2.75) is 64.8 Å². The van der Waals surface area contributed by atoms with Crippen molar-refractivity contribution in [3.05, 3.63) is 35.4 Å². The van der Waals surface area contributed by atoms with E-state index in [0.717, 1.165) is 18.4 Å². The van der Waals surface area contributed by atoms with Crippen LogP contribution in [0, 0.1) is 5.92 Å². The maximum atomic E-state index is 3.76. The van der Waals surface area contributed by atoms with Gasteiger partial charge in [-0.05, 0) is 55.2 Å². The molecule has 0 radical (unpaired) electrons. The van der Waals surface area contributed by atoms with Gasteiger partial charge in [0, 0.05) is 6.04 Å². The summed E-state index contributed by atoms with van der Waals surface area (Å²) in [4.78, 5) is 0. The van der Waals surface area contributed by atoms with Gasteiger partial charge in [0.15, 0.2) is 0 Å². The van der Waals surface area contributed by atoms with Gasteiger partial charge in [0.1, 0.15) is 0 Å². The average molecular weight is 259 g/mol. The molecule has 3 unspecified atom stereocenters. The highest BCUT2D eigenvalue weighted by molar-refractivity contribution is 5.39. The second-order valence-corrected chi connectivity index (χ2v) is 6.24. The summed E-state index contributed by atoms with van der Waals surface area (Å²) in [5.41, 5.74) is 3.18. The molecule has 2 rings (SSSR count). The maximum Gasteiger partial charge on any atom is 0.00755 e. The monoisotopic (exact) mass is 259 g/mol. The van der Waals surface area contributed by atoms with E-state index in [-0.39, 0.29) is 0 Å². The van der Waals surface area contributed by atoms with Crippen LogP contribution in [0.25, 0.3) is 0 Å². The molecule has 0 amide bonds. The molecule has 106 valence electrons. The number of hydrogen-bond acceptors (Lipinski definition) is 1. The molecular weight excluding hydrogens is 230 g/mol. The van der Waals surface area contributed by atoms with Gasteiger partial charge in [0.05, 0.1) is 0 Å². The lowest BCUT2D eigenvalue weighted by Gasteiger charge is -2.34. The SMILES string of the molecule is CCCNC(CC(C)CC)CC1Cc2ccccc21. The van der Waals surface area contributed by atoms with E-state index in [1.54, 1.807) is 11.1 Å². The predicted octanol–water partition coefficient (Wildman–Crippen LogP) is 4.52. The predicted molar refractivity (Wildman–Crippen MR) is 83.7 cm³/mol. The molecule has 1 heteroatoms. The third-order valence-electron chi connectivity index (χ3n) is 4.60. The minimum absolute atomic E-state index is 0.702. The Morgan fingerprint density at radius 1 is 1.26 bits per heavy atom. The highest BCUT2D eigenvalue weighted by Crippen LogP contribution is 2.38. The first-order valence-electron chi connectivity index (χ1n) is 8.05. The molecule has 1 aromatic carbocycles. The molecule has 0 fully saturated rings. The zero-order valence-corrected chi connectivity index (χ0v) is 12.8. The van der Waals surface area contributed by atoms with Crippen molar-refractivity contribution in [2.24, 2.45) is 5.92 Å². The lowest BCUT2D eigenvalue weighted by molar-refractivity contribution is 0.346. The van der Waals surface area contributed by atoms with Crippen molar-refractivity contribution >= 4 is 0 Å². The van der Waals surface area contributed by atoms with E-state index in [1.165, 1.54) is 32.1 Å². The molecule has 1 aromatic rings. The van der Waals surface area contributed by atoms with Gasteiger partial charge in [0.25, 0.3) is 0 Å². The van der Waals surface area contributed by atoms with Gasteiger partial charge in [-0.2, -0.15) is 0 Å². The van der Waals surface area contributed by atoms with Crippen LogP contribution in [0.5, 0.6) is 0 Å². The Kier molecular flexibility index (Phi) is 5.45. The van der Waals surface area contributed by atoms with Gasteiger partial charge >= 0.3 is 0 Å².